The van der Waals surface area contributed by atoms with Crippen LogP contribution in [0.1, 0.15) is 43.8 Å². The van der Waals surface area contributed by atoms with E-state index in [-0.39, 0.29) is 12.1 Å². The van der Waals surface area contributed by atoms with Crippen LogP contribution in [0.2, 0.25) is 0 Å². The molecule has 1 saturated carbocycles. The third-order valence-electron chi connectivity index (χ3n) is 6.05. The number of hydrogen-bond acceptors (Lipinski definition) is 4. The zero-order valence-electron chi connectivity index (χ0n) is 14.7. The number of likely N-dealkylation sites (tertiary alicyclic amines) is 1. The summed E-state index contributed by atoms with van der Waals surface area (Å²) >= 11 is 0. The number of aromatic nitrogens is 3. The molecule has 1 aromatic rings. The molecule has 7 heteroatoms. The lowest BCUT2D eigenvalue weighted by atomic mass is 9.69. The average Bonchev–Trinajstić information content (AvgIpc) is 3.16. The van der Waals surface area contributed by atoms with Gasteiger partial charge in [-0.15, -0.1) is 5.10 Å². The Hall–Kier alpha value is -1.89. The Morgan fingerprint density at radius 1 is 1.32 bits per heavy atom. The van der Waals surface area contributed by atoms with Crippen molar-refractivity contribution in [1.82, 2.24) is 25.2 Å². The molecule has 4 atom stereocenters. The summed E-state index contributed by atoms with van der Waals surface area (Å²) < 4.78 is 1.87. The molecule has 0 spiro atoms. The van der Waals surface area contributed by atoms with Crippen LogP contribution in [0.25, 0.3) is 0 Å². The largest absolute Gasteiger partial charge is 0.338 e. The van der Waals surface area contributed by atoms with Crippen molar-refractivity contribution in [1.29, 1.82) is 0 Å². The Morgan fingerprint density at radius 2 is 2.24 bits per heavy atom. The quantitative estimate of drug-likeness (QED) is 0.814. The number of carbonyl (C=O) groups is 1. The maximum Gasteiger partial charge on any atom is 0.317 e. The molecule has 0 aromatic carbocycles. The number of hydrogen-bond donors (Lipinski definition) is 2. The molecule has 2 amide bonds. The van der Waals surface area contributed by atoms with Crippen molar-refractivity contribution in [3.63, 3.8) is 0 Å². The highest BCUT2D eigenvalue weighted by molar-refractivity contribution is 5.74. The van der Waals surface area contributed by atoms with Gasteiger partial charge in [0.05, 0.1) is 17.9 Å². The highest BCUT2D eigenvalue weighted by Crippen LogP contribution is 2.39. The summed E-state index contributed by atoms with van der Waals surface area (Å²) in [6, 6.07) is 0.259. The summed E-state index contributed by atoms with van der Waals surface area (Å²) in [6.45, 7) is 2.70. The molecular weight excluding hydrogens is 316 g/mol. The van der Waals surface area contributed by atoms with E-state index in [9.17, 15) is 4.79 Å². The van der Waals surface area contributed by atoms with Gasteiger partial charge in [0, 0.05) is 26.2 Å². The monoisotopic (exact) mass is 344 g/mol. The minimum absolute atomic E-state index is 0.0642. The van der Waals surface area contributed by atoms with Crippen LogP contribution in [-0.4, -0.2) is 45.6 Å². The second kappa shape index (κ2) is 7.15. The molecule has 2 fully saturated rings. The molecule has 1 saturated heterocycles. The van der Waals surface area contributed by atoms with Gasteiger partial charge in [-0.05, 0) is 49.9 Å². The third-order valence-corrected chi connectivity index (χ3v) is 6.05. The van der Waals surface area contributed by atoms with Crippen molar-refractivity contribution >= 4 is 6.03 Å². The van der Waals surface area contributed by atoms with E-state index in [1.165, 1.54) is 19.3 Å². The van der Waals surface area contributed by atoms with E-state index < -0.39 is 0 Å². The van der Waals surface area contributed by atoms with Crippen LogP contribution in [0.4, 0.5) is 4.79 Å². The van der Waals surface area contributed by atoms with Gasteiger partial charge < -0.3 is 16.0 Å². The molecule has 7 nitrogen and oxygen atoms in total. The van der Waals surface area contributed by atoms with Crippen LogP contribution >= 0.6 is 0 Å². The zero-order valence-corrected chi connectivity index (χ0v) is 14.7. The van der Waals surface area contributed by atoms with Gasteiger partial charge in [0.25, 0.3) is 0 Å². The summed E-state index contributed by atoms with van der Waals surface area (Å²) in [5.74, 6) is 2.00. The number of piperidine rings is 1. The molecule has 3 aliphatic carbocycles. The van der Waals surface area contributed by atoms with Gasteiger partial charge in [-0.2, -0.15) is 0 Å². The number of carbonyl (C=O) groups excluding carboxylic acids is 1. The van der Waals surface area contributed by atoms with Crippen LogP contribution in [0.5, 0.6) is 0 Å². The van der Waals surface area contributed by atoms with Crippen LogP contribution in [0.3, 0.4) is 0 Å². The highest BCUT2D eigenvalue weighted by atomic mass is 16.2. The molecule has 1 aliphatic heterocycles. The Kier molecular flexibility index (Phi) is 4.74. The number of nitrogens with one attached hydrogen (secondary N) is 1. The van der Waals surface area contributed by atoms with Crippen LogP contribution < -0.4 is 11.1 Å². The van der Waals surface area contributed by atoms with Gasteiger partial charge in [0.2, 0.25) is 0 Å². The summed E-state index contributed by atoms with van der Waals surface area (Å²) in [5, 5.41) is 11.4. The molecule has 3 N–H and O–H groups in total. The van der Waals surface area contributed by atoms with Gasteiger partial charge in [-0.3, -0.25) is 0 Å². The first-order valence-electron chi connectivity index (χ1n) is 9.55. The number of rotatable bonds is 4. The van der Waals surface area contributed by atoms with E-state index in [1.807, 2.05) is 15.8 Å². The molecule has 5 rings (SSSR count). The fourth-order valence-electron chi connectivity index (χ4n) is 4.56. The van der Waals surface area contributed by atoms with E-state index in [2.05, 4.69) is 27.8 Å². The molecule has 136 valence electrons. The number of nitrogens with zero attached hydrogens (tertiary/aromatic N) is 4. The summed E-state index contributed by atoms with van der Waals surface area (Å²) in [4.78, 5) is 14.5. The average molecular weight is 344 g/mol. The molecule has 1 aromatic heterocycles. The highest BCUT2D eigenvalue weighted by Gasteiger charge is 2.32. The number of amides is 2. The van der Waals surface area contributed by atoms with Crippen molar-refractivity contribution in [2.24, 2.45) is 23.5 Å². The molecule has 4 aliphatic rings. The summed E-state index contributed by atoms with van der Waals surface area (Å²) in [5.41, 5.74) is 6.40. The number of fused-ring (bicyclic) bond motifs is 2. The third kappa shape index (κ3) is 3.56. The fourth-order valence-corrected chi connectivity index (χ4v) is 4.56. The zero-order chi connectivity index (χ0) is 17.2. The molecule has 2 heterocycles. The SMILES string of the molecule is NCc1cn(C2CCCN(C(=O)NCC3CC4C=CC3CC4)C2)nn1. The first-order chi connectivity index (χ1) is 12.2. The smallest absolute Gasteiger partial charge is 0.317 e. The van der Waals surface area contributed by atoms with E-state index in [0.29, 0.717) is 24.9 Å². The molecule has 0 radical (unpaired) electrons. The van der Waals surface area contributed by atoms with Crippen molar-refractivity contribution in [2.45, 2.75) is 44.7 Å². The molecule has 25 heavy (non-hydrogen) atoms. The van der Waals surface area contributed by atoms with E-state index >= 15 is 0 Å². The van der Waals surface area contributed by atoms with Gasteiger partial charge in [-0.25, -0.2) is 9.48 Å². The van der Waals surface area contributed by atoms with Crippen molar-refractivity contribution in [3.8, 4) is 0 Å². The predicted molar refractivity (Wildman–Crippen MR) is 94.6 cm³/mol. The fraction of sp³-hybridized carbons (Fsp3) is 0.722. The van der Waals surface area contributed by atoms with E-state index in [1.54, 1.807) is 0 Å². The van der Waals surface area contributed by atoms with Crippen LogP contribution in [0.15, 0.2) is 18.3 Å². The van der Waals surface area contributed by atoms with Gasteiger partial charge in [-0.1, -0.05) is 17.4 Å². The van der Waals surface area contributed by atoms with Crippen molar-refractivity contribution in [3.05, 3.63) is 24.0 Å². The second-order valence-corrected chi connectivity index (χ2v) is 7.70. The standard InChI is InChI=1S/C18H28N6O/c19-9-16-11-24(22-21-16)17-2-1-7-23(12-17)18(25)20-10-15-8-13-3-5-14(15)6-4-13/h3,5,11,13-15,17H,1-2,4,6-10,12,19H2,(H,20,25). The summed E-state index contributed by atoms with van der Waals surface area (Å²) in [6.07, 6.45) is 12.5. The van der Waals surface area contributed by atoms with E-state index in [4.69, 9.17) is 5.73 Å². The summed E-state index contributed by atoms with van der Waals surface area (Å²) in [7, 11) is 0. The first kappa shape index (κ1) is 16.6. The minimum atomic E-state index is 0.0642. The normalized spacial score (nSPS) is 31.3. The minimum Gasteiger partial charge on any atom is -0.338 e. The Morgan fingerprint density at radius 3 is 2.92 bits per heavy atom. The van der Waals surface area contributed by atoms with Gasteiger partial charge in [0.1, 0.15) is 0 Å². The van der Waals surface area contributed by atoms with Gasteiger partial charge in [0.15, 0.2) is 0 Å². The molecule has 2 bridgehead atoms. The number of urea groups is 1. The Labute approximate surface area is 148 Å². The molecule has 4 unspecified atom stereocenters. The number of allylic oxidation sites excluding steroid dienone is 2. The van der Waals surface area contributed by atoms with E-state index in [0.717, 1.165) is 37.5 Å². The second-order valence-electron chi connectivity index (χ2n) is 7.70. The number of nitrogens with two attached hydrogens (primary N) is 1. The predicted octanol–water partition coefficient (Wildman–Crippen LogP) is 1.69. The maximum atomic E-state index is 12.6. The first-order valence-corrected chi connectivity index (χ1v) is 9.55. The Balaban J connectivity index is 1.30. The Bertz CT molecular complexity index is 641. The van der Waals surface area contributed by atoms with Crippen molar-refractivity contribution < 1.29 is 4.79 Å². The lowest BCUT2D eigenvalue weighted by molar-refractivity contribution is 0.155. The lowest BCUT2D eigenvalue weighted by Crippen LogP contribution is -2.48. The van der Waals surface area contributed by atoms with Crippen LogP contribution in [-0.2, 0) is 6.54 Å². The maximum absolute atomic E-state index is 12.6. The lowest BCUT2D eigenvalue weighted by Gasteiger charge is -2.39. The van der Waals surface area contributed by atoms with Crippen LogP contribution in [0, 0.1) is 17.8 Å². The van der Waals surface area contributed by atoms with Gasteiger partial charge >= 0.3 is 6.03 Å². The van der Waals surface area contributed by atoms with Crippen molar-refractivity contribution in [2.75, 3.05) is 19.6 Å². The topological polar surface area (TPSA) is 89.1 Å². The molecular formula is C18H28N6O.